The van der Waals surface area contributed by atoms with E-state index in [1.807, 2.05) is 0 Å². The first-order valence-electron chi connectivity index (χ1n) is 3.10. The summed E-state index contributed by atoms with van der Waals surface area (Å²) < 4.78 is 36.3. The first-order chi connectivity index (χ1) is 5.43. The number of hydrogen-bond acceptors (Lipinski definition) is 0. The van der Waals surface area contributed by atoms with Crippen LogP contribution in [0.3, 0.4) is 0 Å². The van der Waals surface area contributed by atoms with E-state index in [-0.39, 0.29) is 50.6 Å². The van der Waals surface area contributed by atoms with Gasteiger partial charge in [0, 0.05) is 5.56 Å². The summed E-state index contributed by atoms with van der Waals surface area (Å²) in [6.07, 6.45) is -4.40. The normalized spacial score (nSPS) is 10.0. The van der Waals surface area contributed by atoms with Crippen LogP contribution in [0.1, 0.15) is 11.1 Å². The van der Waals surface area contributed by atoms with Gasteiger partial charge in [-0.2, -0.15) is 43.3 Å². The first-order valence-corrected chi connectivity index (χ1v) is 3.48. The molecule has 1 aromatic rings. The second-order valence-corrected chi connectivity index (χ2v) is 2.65. The molecule has 0 atom stereocenters. The molecule has 0 aliphatic rings. The Morgan fingerprint density at radius 2 is 1.71 bits per heavy atom. The summed E-state index contributed by atoms with van der Waals surface area (Å²) >= 11 is 5.40. The van der Waals surface area contributed by atoms with E-state index in [4.69, 9.17) is 11.6 Å². The summed E-state index contributed by atoms with van der Waals surface area (Å²) in [7, 11) is 0. The van der Waals surface area contributed by atoms with Gasteiger partial charge in [-0.05, 0) is 0 Å². The number of benzene rings is 1. The fourth-order valence-electron chi connectivity index (χ4n) is 0.799. The SMILES string of the molecule is [Br-].[CH2-]c1cccc(C(F)(F)F)c1Cl.[Mg+2]. The molecule has 0 aromatic heterocycles. The van der Waals surface area contributed by atoms with Crippen LogP contribution in [0, 0.1) is 6.92 Å². The molecule has 0 aliphatic heterocycles. The third-order valence-electron chi connectivity index (χ3n) is 1.38. The second kappa shape index (κ2) is 6.10. The van der Waals surface area contributed by atoms with Crippen molar-refractivity contribution >= 4 is 34.7 Å². The third kappa shape index (κ3) is 3.88. The van der Waals surface area contributed by atoms with E-state index in [1.165, 1.54) is 12.1 Å². The van der Waals surface area contributed by atoms with E-state index in [2.05, 4.69) is 6.92 Å². The molecule has 0 amide bonds. The molecule has 0 aliphatic carbocycles. The molecule has 0 unspecified atom stereocenters. The van der Waals surface area contributed by atoms with E-state index in [1.54, 1.807) is 0 Å². The topological polar surface area (TPSA) is 0 Å². The molecule has 6 heteroatoms. The molecule has 0 heterocycles. The van der Waals surface area contributed by atoms with Crippen LogP contribution < -0.4 is 17.0 Å². The fraction of sp³-hybridized carbons (Fsp3) is 0.125. The van der Waals surface area contributed by atoms with E-state index in [9.17, 15) is 13.2 Å². The monoisotopic (exact) mass is 296 g/mol. The fourth-order valence-corrected chi connectivity index (χ4v) is 1.03. The van der Waals surface area contributed by atoms with Gasteiger partial charge in [0.1, 0.15) is 0 Å². The van der Waals surface area contributed by atoms with Gasteiger partial charge in [-0.25, -0.2) is 0 Å². The van der Waals surface area contributed by atoms with Crippen molar-refractivity contribution in [1.29, 1.82) is 0 Å². The molecule has 0 N–H and O–H groups in total. The van der Waals surface area contributed by atoms with Crippen molar-refractivity contribution in [3.05, 3.63) is 41.3 Å². The predicted molar refractivity (Wildman–Crippen MR) is 46.7 cm³/mol. The Labute approximate surface area is 112 Å². The smallest absolute Gasteiger partial charge is 1.00 e. The summed E-state index contributed by atoms with van der Waals surface area (Å²) in [5.41, 5.74) is -0.650. The number of alkyl halides is 3. The molecule has 1 rings (SSSR count). The van der Waals surface area contributed by atoms with E-state index in [0.29, 0.717) is 0 Å². The zero-order valence-electron chi connectivity index (χ0n) is 7.04. The van der Waals surface area contributed by atoms with Gasteiger partial charge in [-0.15, -0.1) is 6.07 Å². The van der Waals surface area contributed by atoms with Gasteiger partial charge < -0.3 is 17.0 Å². The van der Waals surface area contributed by atoms with Crippen molar-refractivity contribution in [2.75, 3.05) is 0 Å². The maximum Gasteiger partial charge on any atom is 2.00 e. The Hall–Kier alpha value is 0.416. The first kappa shape index (κ1) is 16.8. The number of rotatable bonds is 0. The van der Waals surface area contributed by atoms with Crippen LogP contribution >= 0.6 is 11.6 Å². The standard InChI is InChI=1S/C8H5ClF3.BrH.Mg/c1-5-3-2-4-6(7(5)9)8(10,11)12;;/h2-4H,1H2;1H;/q-1;;+2/p-1. The second-order valence-electron chi connectivity index (χ2n) is 2.28. The quantitative estimate of drug-likeness (QED) is 0.473. The van der Waals surface area contributed by atoms with Gasteiger partial charge in [0.2, 0.25) is 0 Å². The van der Waals surface area contributed by atoms with Crippen LogP contribution in [0.2, 0.25) is 5.02 Å². The van der Waals surface area contributed by atoms with Crippen molar-refractivity contribution in [2.24, 2.45) is 0 Å². The van der Waals surface area contributed by atoms with Gasteiger partial charge in [0.15, 0.2) is 0 Å². The molecule has 0 saturated carbocycles. The summed E-state index contributed by atoms with van der Waals surface area (Å²) in [6.45, 7) is 3.36. The summed E-state index contributed by atoms with van der Waals surface area (Å²) in [5.74, 6) is 0. The van der Waals surface area contributed by atoms with Crippen molar-refractivity contribution in [3.8, 4) is 0 Å². The molecule has 0 spiro atoms. The van der Waals surface area contributed by atoms with Crippen LogP contribution in [0.25, 0.3) is 0 Å². The van der Waals surface area contributed by atoms with Crippen LogP contribution in [-0.2, 0) is 6.18 Å². The zero-order valence-corrected chi connectivity index (χ0v) is 10.8. The van der Waals surface area contributed by atoms with E-state index >= 15 is 0 Å². The summed E-state index contributed by atoms with van der Waals surface area (Å²) in [5, 5.41) is -0.329. The molecule has 0 nitrogen and oxygen atoms in total. The van der Waals surface area contributed by atoms with Gasteiger partial charge in [-0.3, -0.25) is 0 Å². The molecule has 0 saturated heterocycles. The Morgan fingerprint density at radius 3 is 2.07 bits per heavy atom. The molecular weight excluding hydrogens is 293 g/mol. The van der Waals surface area contributed by atoms with Crippen LogP contribution in [0.15, 0.2) is 18.2 Å². The molecular formula is C8H5BrClF3Mg. The van der Waals surface area contributed by atoms with Gasteiger partial charge in [0.05, 0.1) is 0 Å². The van der Waals surface area contributed by atoms with Crippen LogP contribution in [-0.4, -0.2) is 23.1 Å². The largest absolute Gasteiger partial charge is 2.00 e. The van der Waals surface area contributed by atoms with Gasteiger partial charge in [-0.1, -0.05) is 11.1 Å². The minimum atomic E-state index is -4.40. The van der Waals surface area contributed by atoms with Crippen LogP contribution in [0.4, 0.5) is 13.2 Å². The van der Waals surface area contributed by atoms with Crippen LogP contribution in [0.5, 0.6) is 0 Å². The molecule has 74 valence electrons. The average Bonchev–Trinajstić information content (AvgIpc) is 1.92. The Kier molecular flexibility index (Phi) is 7.33. The van der Waals surface area contributed by atoms with Crippen molar-refractivity contribution in [3.63, 3.8) is 0 Å². The number of halogens is 5. The Balaban J connectivity index is 0. The van der Waals surface area contributed by atoms with Crippen molar-refractivity contribution in [2.45, 2.75) is 6.18 Å². The Bertz CT molecular complexity index is 301. The molecule has 0 radical (unpaired) electrons. The third-order valence-corrected chi connectivity index (χ3v) is 1.83. The maximum absolute atomic E-state index is 12.1. The van der Waals surface area contributed by atoms with Crippen molar-refractivity contribution < 1.29 is 30.2 Å². The minimum absolute atomic E-state index is 0. The molecule has 0 fully saturated rings. The average molecular weight is 298 g/mol. The number of hydrogen-bond donors (Lipinski definition) is 0. The summed E-state index contributed by atoms with van der Waals surface area (Å²) in [6, 6.07) is 3.63. The Morgan fingerprint density at radius 1 is 1.21 bits per heavy atom. The van der Waals surface area contributed by atoms with Gasteiger partial charge >= 0.3 is 29.2 Å². The molecule has 14 heavy (non-hydrogen) atoms. The zero-order chi connectivity index (χ0) is 9.35. The molecule has 1 aromatic carbocycles. The predicted octanol–water partition coefficient (Wildman–Crippen LogP) is 0.164. The van der Waals surface area contributed by atoms with E-state index < -0.39 is 11.7 Å². The summed E-state index contributed by atoms with van der Waals surface area (Å²) in [4.78, 5) is 0. The van der Waals surface area contributed by atoms with Gasteiger partial charge in [0.25, 0.3) is 0 Å². The maximum atomic E-state index is 12.1. The van der Waals surface area contributed by atoms with Crippen molar-refractivity contribution in [1.82, 2.24) is 0 Å². The molecule has 0 bridgehead atoms. The minimum Gasteiger partial charge on any atom is -1.00 e. The van der Waals surface area contributed by atoms with E-state index in [0.717, 1.165) is 6.07 Å².